The zero-order valence-electron chi connectivity index (χ0n) is 11.6. The van der Waals surface area contributed by atoms with Crippen LogP contribution in [0.15, 0.2) is 24.3 Å². The number of amides is 1. The molecular formula is C14H18N2O3S. The summed E-state index contributed by atoms with van der Waals surface area (Å²) in [5, 5.41) is -0.429. The summed E-state index contributed by atoms with van der Waals surface area (Å²) in [5.41, 5.74) is 1.66. The molecule has 108 valence electrons. The summed E-state index contributed by atoms with van der Waals surface area (Å²) in [4.78, 5) is 14.1. The molecule has 0 aliphatic carbocycles. The third-order valence-corrected chi connectivity index (χ3v) is 6.35. The Morgan fingerprint density at radius 2 is 1.90 bits per heavy atom. The van der Waals surface area contributed by atoms with Gasteiger partial charge in [-0.05, 0) is 25.5 Å². The average Bonchev–Trinajstić information content (AvgIpc) is 2.72. The van der Waals surface area contributed by atoms with Crippen LogP contribution in [0.25, 0.3) is 0 Å². The zero-order chi connectivity index (χ0) is 14.5. The SMILES string of the molecule is CC(C)S(=O)(=O)N1CCN2C(=O)c3ccccc3[C@@H]2C1. The summed E-state index contributed by atoms with van der Waals surface area (Å²) in [5.74, 6) is 0.0206. The lowest BCUT2D eigenvalue weighted by Gasteiger charge is -2.37. The maximum Gasteiger partial charge on any atom is 0.254 e. The molecule has 0 N–H and O–H groups in total. The highest BCUT2D eigenvalue weighted by Crippen LogP contribution is 2.36. The molecule has 0 aromatic heterocycles. The van der Waals surface area contributed by atoms with E-state index in [-0.39, 0.29) is 11.9 Å². The van der Waals surface area contributed by atoms with E-state index >= 15 is 0 Å². The fourth-order valence-corrected chi connectivity index (χ4v) is 4.21. The van der Waals surface area contributed by atoms with Crippen molar-refractivity contribution in [2.45, 2.75) is 25.1 Å². The first-order chi connectivity index (χ1) is 9.43. The molecule has 1 aromatic carbocycles. The monoisotopic (exact) mass is 294 g/mol. The standard InChI is InChI=1S/C14H18N2O3S/c1-10(2)20(18,19)15-7-8-16-13(9-15)11-5-3-4-6-12(11)14(16)17/h3-6,10,13H,7-9H2,1-2H3/t13-/m0/s1. The van der Waals surface area contributed by atoms with Crippen LogP contribution in [0.3, 0.4) is 0 Å². The largest absolute Gasteiger partial charge is 0.329 e. The molecule has 6 heteroatoms. The van der Waals surface area contributed by atoms with E-state index in [0.717, 1.165) is 5.56 Å². The number of nitrogens with zero attached hydrogens (tertiary/aromatic N) is 2. The molecule has 0 saturated carbocycles. The van der Waals surface area contributed by atoms with E-state index in [1.807, 2.05) is 24.3 Å². The molecule has 1 amide bonds. The normalized spacial score (nSPS) is 23.1. The topological polar surface area (TPSA) is 57.7 Å². The number of hydrogen-bond donors (Lipinski definition) is 0. The Bertz CT molecular complexity index is 654. The third-order valence-electron chi connectivity index (χ3n) is 4.11. The van der Waals surface area contributed by atoms with Crippen molar-refractivity contribution in [2.75, 3.05) is 19.6 Å². The van der Waals surface area contributed by atoms with Gasteiger partial charge in [-0.2, -0.15) is 4.31 Å². The first kappa shape index (κ1) is 13.6. The second-order valence-corrected chi connectivity index (χ2v) is 8.04. The van der Waals surface area contributed by atoms with Crippen molar-refractivity contribution < 1.29 is 13.2 Å². The Morgan fingerprint density at radius 3 is 2.60 bits per heavy atom. The van der Waals surface area contributed by atoms with Crippen LogP contribution < -0.4 is 0 Å². The third kappa shape index (κ3) is 1.86. The zero-order valence-corrected chi connectivity index (χ0v) is 12.4. The predicted molar refractivity (Wildman–Crippen MR) is 75.8 cm³/mol. The van der Waals surface area contributed by atoms with Gasteiger partial charge in [0, 0.05) is 25.2 Å². The summed E-state index contributed by atoms with van der Waals surface area (Å²) >= 11 is 0. The van der Waals surface area contributed by atoms with Crippen molar-refractivity contribution in [1.29, 1.82) is 0 Å². The van der Waals surface area contributed by atoms with E-state index in [4.69, 9.17) is 0 Å². The molecule has 1 atom stereocenters. The van der Waals surface area contributed by atoms with E-state index in [9.17, 15) is 13.2 Å². The van der Waals surface area contributed by atoms with Crippen LogP contribution in [0.5, 0.6) is 0 Å². The molecule has 1 fully saturated rings. The second-order valence-electron chi connectivity index (χ2n) is 5.55. The number of benzene rings is 1. The summed E-state index contributed by atoms with van der Waals surface area (Å²) in [7, 11) is -3.26. The molecule has 0 unspecified atom stereocenters. The Kier molecular flexibility index (Phi) is 3.10. The summed E-state index contributed by atoms with van der Waals surface area (Å²) in [6.45, 7) is 4.59. The molecule has 0 bridgehead atoms. The summed E-state index contributed by atoms with van der Waals surface area (Å²) in [6, 6.07) is 7.34. The van der Waals surface area contributed by atoms with Crippen LogP contribution in [-0.2, 0) is 10.0 Å². The first-order valence-corrected chi connectivity index (χ1v) is 8.32. The van der Waals surface area contributed by atoms with Crippen molar-refractivity contribution in [3.63, 3.8) is 0 Å². The predicted octanol–water partition coefficient (Wildman–Crippen LogP) is 1.24. The number of rotatable bonds is 2. The molecule has 3 rings (SSSR count). The van der Waals surface area contributed by atoms with Gasteiger partial charge in [0.15, 0.2) is 0 Å². The van der Waals surface area contributed by atoms with E-state index in [0.29, 0.717) is 25.2 Å². The van der Waals surface area contributed by atoms with Gasteiger partial charge in [0.25, 0.3) is 5.91 Å². The minimum Gasteiger partial charge on any atom is -0.329 e. The number of carbonyl (C=O) groups excluding carboxylic acids is 1. The highest BCUT2D eigenvalue weighted by Gasteiger charge is 2.43. The van der Waals surface area contributed by atoms with Gasteiger partial charge in [-0.25, -0.2) is 8.42 Å². The molecule has 2 heterocycles. The van der Waals surface area contributed by atoms with Crippen molar-refractivity contribution >= 4 is 15.9 Å². The van der Waals surface area contributed by atoms with Crippen molar-refractivity contribution in [1.82, 2.24) is 9.21 Å². The van der Waals surface area contributed by atoms with Crippen LogP contribution in [0.4, 0.5) is 0 Å². The van der Waals surface area contributed by atoms with Crippen molar-refractivity contribution in [3.8, 4) is 0 Å². The quantitative estimate of drug-likeness (QED) is 0.824. The van der Waals surface area contributed by atoms with Gasteiger partial charge in [-0.1, -0.05) is 18.2 Å². The highest BCUT2D eigenvalue weighted by atomic mass is 32.2. The lowest BCUT2D eigenvalue weighted by molar-refractivity contribution is 0.0628. The van der Waals surface area contributed by atoms with E-state index in [1.54, 1.807) is 18.7 Å². The molecule has 2 aliphatic heterocycles. The average molecular weight is 294 g/mol. The van der Waals surface area contributed by atoms with Crippen LogP contribution in [0.2, 0.25) is 0 Å². The number of carbonyl (C=O) groups is 1. The van der Waals surface area contributed by atoms with Crippen LogP contribution in [0.1, 0.15) is 35.8 Å². The minimum absolute atomic E-state index is 0.0206. The van der Waals surface area contributed by atoms with Crippen molar-refractivity contribution in [3.05, 3.63) is 35.4 Å². The van der Waals surface area contributed by atoms with Crippen LogP contribution in [-0.4, -0.2) is 48.4 Å². The summed E-state index contributed by atoms with van der Waals surface area (Å²) < 4.78 is 26.1. The van der Waals surface area contributed by atoms with E-state index in [2.05, 4.69) is 0 Å². The number of sulfonamides is 1. The van der Waals surface area contributed by atoms with Gasteiger partial charge >= 0.3 is 0 Å². The Labute approximate surface area is 119 Å². The molecule has 5 nitrogen and oxygen atoms in total. The molecule has 2 aliphatic rings. The van der Waals surface area contributed by atoms with Gasteiger partial charge < -0.3 is 4.90 Å². The van der Waals surface area contributed by atoms with Crippen LogP contribution in [0, 0.1) is 0 Å². The molecule has 20 heavy (non-hydrogen) atoms. The van der Waals surface area contributed by atoms with Gasteiger partial charge in [0.2, 0.25) is 10.0 Å². The smallest absolute Gasteiger partial charge is 0.254 e. The van der Waals surface area contributed by atoms with E-state index < -0.39 is 15.3 Å². The van der Waals surface area contributed by atoms with Gasteiger partial charge in [0.1, 0.15) is 0 Å². The number of piperazine rings is 1. The lowest BCUT2D eigenvalue weighted by Crippen LogP contribution is -2.51. The lowest BCUT2D eigenvalue weighted by atomic mass is 10.0. The number of hydrogen-bond acceptors (Lipinski definition) is 3. The fraction of sp³-hybridized carbons (Fsp3) is 0.500. The fourth-order valence-electron chi connectivity index (χ4n) is 2.93. The maximum atomic E-state index is 12.3. The molecule has 1 saturated heterocycles. The highest BCUT2D eigenvalue weighted by molar-refractivity contribution is 7.89. The molecular weight excluding hydrogens is 276 g/mol. The summed E-state index contributed by atoms with van der Waals surface area (Å²) in [6.07, 6.45) is 0. The minimum atomic E-state index is -3.26. The maximum absolute atomic E-state index is 12.3. The number of fused-ring (bicyclic) bond motifs is 3. The van der Waals surface area contributed by atoms with Gasteiger partial charge in [-0.3, -0.25) is 4.79 Å². The Hall–Kier alpha value is -1.40. The molecule has 0 spiro atoms. The van der Waals surface area contributed by atoms with Gasteiger partial charge in [0.05, 0.1) is 11.3 Å². The molecule has 1 aromatic rings. The Morgan fingerprint density at radius 1 is 1.20 bits per heavy atom. The first-order valence-electron chi connectivity index (χ1n) is 6.82. The molecule has 0 radical (unpaired) electrons. The van der Waals surface area contributed by atoms with E-state index in [1.165, 1.54) is 4.31 Å². The van der Waals surface area contributed by atoms with Crippen LogP contribution >= 0.6 is 0 Å². The second kappa shape index (κ2) is 4.56. The Balaban J connectivity index is 1.94. The van der Waals surface area contributed by atoms with Crippen molar-refractivity contribution in [2.24, 2.45) is 0 Å². The van der Waals surface area contributed by atoms with Gasteiger partial charge in [-0.15, -0.1) is 0 Å².